The van der Waals surface area contributed by atoms with Gasteiger partial charge in [0.2, 0.25) is 11.9 Å². The average molecular weight is 729 g/mol. The summed E-state index contributed by atoms with van der Waals surface area (Å²) in [5, 5.41) is 14.9. The van der Waals surface area contributed by atoms with Crippen molar-refractivity contribution in [2.75, 3.05) is 16.4 Å². The minimum Gasteiger partial charge on any atom is -0.325 e. The highest BCUT2D eigenvalue weighted by molar-refractivity contribution is 7.99. The number of thioether (sulfide) groups is 1. The van der Waals surface area contributed by atoms with Crippen LogP contribution in [0.4, 0.5) is 11.6 Å². The smallest absolute Gasteiger partial charge is 0.271 e. The first-order chi connectivity index (χ1) is 25.2. The Labute approximate surface area is 304 Å². The molecule has 52 heavy (non-hydrogen) atoms. The molecule has 14 heteroatoms. The second kappa shape index (κ2) is 14.6. The lowest BCUT2D eigenvalue weighted by molar-refractivity contribution is -0.113. The zero-order valence-electron chi connectivity index (χ0n) is 28.1. The van der Waals surface area contributed by atoms with Crippen LogP contribution in [0.15, 0.2) is 132 Å². The molecule has 4 aromatic carbocycles. The fraction of sp³-hybridized carbons (Fsp3) is 0.105. The Hall–Kier alpha value is -6.12. The summed E-state index contributed by atoms with van der Waals surface area (Å²) in [6, 6.07) is 31.3. The first kappa shape index (κ1) is 34.3. The summed E-state index contributed by atoms with van der Waals surface area (Å²) >= 11 is 1.25. The molecule has 7 aromatic rings. The molecule has 7 rings (SSSR count). The van der Waals surface area contributed by atoms with E-state index in [4.69, 9.17) is 0 Å². The average Bonchev–Trinajstić information content (AvgIpc) is 3.76. The summed E-state index contributed by atoms with van der Waals surface area (Å²) in [7, 11) is -4.10. The fourth-order valence-electron chi connectivity index (χ4n) is 5.51. The Morgan fingerprint density at radius 1 is 0.808 bits per heavy atom. The molecule has 0 saturated heterocycles. The van der Waals surface area contributed by atoms with Gasteiger partial charge >= 0.3 is 0 Å². The van der Waals surface area contributed by atoms with E-state index in [9.17, 15) is 18.0 Å². The zero-order chi connectivity index (χ0) is 36.2. The van der Waals surface area contributed by atoms with Crippen LogP contribution in [0, 0.1) is 6.92 Å². The van der Waals surface area contributed by atoms with E-state index in [1.54, 1.807) is 60.9 Å². The van der Waals surface area contributed by atoms with Gasteiger partial charge in [-0.05, 0) is 91.7 Å². The number of fused-ring (bicyclic) bond motifs is 1. The number of carbonyl (C=O) groups excluding carboxylic acids is 2. The Bertz CT molecular complexity index is 2500. The monoisotopic (exact) mass is 728 g/mol. The third-order valence-electron chi connectivity index (χ3n) is 8.24. The predicted molar refractivity (Wildman–Crippen MR) is 201 cm³/mol. The van der Waals surface area contributed by atoms with Crippen LogP contribution < -0.4 is 10.6 Å². The van der Waals surface area contributed by atoms with Crippen molar-refractivity contribution < 1.29 is 18.0 Å². The molecule has 12 nitrogen and oxygen atoms in total. The third-order valence-corrected chi connectivity index (χ3v) is 10.9. The first-order valence-corrected chi connectivity index (χ1v) is 18.7. The number of amides is 2. The van der Waals surface area contributed by atoms with Gasteiger partial charge in [0, 0.05) is 34.9 Å². The number of nitrogens with zero attached hydrogens (tertiary/aromatic N) is 6. The number of hydrogen-bond donors (Lipinski definition) is 2. The minimum absolute atomic E-state index is 0.0510. The molecule has 0 atom stereocenters. The Morgan fingerprint density at radius 3 is 2.23 bits per heavy atom. The van der Waals surface area contributed by atoms with Crippen molar-refractivity contribution in [3.05, 3.63) is 138 Å². The van der Waals surface area contributed by atoms with Crippen molar-refractivity contribution in [1.29, 1.82) is 0 Å². The van der Waals surface area contributed by atoms with E-state index in [0.29, 0.717) is 27.7 Å². The van der Waals surface area contributed by atoms with Gasteiger partial charge in [0.1, 0.15) is 0 Å². The van der Waals surface area contributed by atoms with E-state index in [1.807, 2.05) is 35.8 Å². The van der Waals surface area contributed by atoms with Gasteiger partial charge in [-0.3, -0.25) is 24.5 Å². The van der Waals surface area contributed by atoms with Crippen LogP contribution in [0.3, 0.4) is 0 Å². The lowest BCUT2D eigenvalue weighted by atomic mass is 10.1. The summed E-state index contributed by atoms with van der Waals surface area (Å²) in [5.74, 6) is -0.303. The van der Waals surface area contributed by atoms with Crippen molar-refractivity contribution in [1.82, 2.24) is 28.7 Å². The molecule has 0 spiro atoms. The molecule has 0 unspecified atom stereocenters. The van der Waals surface area contributed by atoms with Crippen molar-refractivity contribution in [2.24, 2.45) is 0 Å². The molecular formula is C38H32N8O4S2. The highest BCUT2D eigenvalue weighted by Crippen LogP contribution is 2.29. The van der Waals surface area contributed by atoms with Gasteiger partial charge in [0.05, 0.1) is 21.7 Å². The van der Waals surface area contributed by atoms with Gasteiger partial charge in [-0.1, -0.05) is 60.6 Å². The number of aryl methyl sites for hydroxylation is 2. The normalized spacial score (nSPS) is 11.4. The summed E-state index contributed by atoms with van der Waals surface area (Å²) in [6.07, 6.45) is 4.30. The molecule has 2 amide bonds. The van der Waals surface area contributed by atoms with E-state index in [1.165, 1.54) is 41.6 Å². The van der Waals surface area contributed by atoms with Crippen LogP contribution >= 0.6 is 11.8 Å². The first-order valence-electron chi connectivity index (χ1n) is 16.3. The lowest BCUT2D eigenvalue weighted by Gasteiger charge is -2.12. The van der Waals surface area contributed by atoms with Crippen molar-refractivity contribution in [2.45, 2.75) is 30.3 Å². The number of anilines is 2. The van der Waals surface area contributed by atoms with Crippen LogP contribution in [-0.2, 0) is 21.2 Å². The number of rotatable bonds is 11. The molecule has 0 fully saturated rings. The molecule has 0 bridgehead atoms. The number of hydrogen-bond acceptors (Lipinski definition) is 9. The van der Waals surface area contributed by atoms with Crippen LogP contribution in [0.5, 0.6) is 0 Å². The highest BCUT2D eigenvalue weighted by atomic mass is 32.2. The second-order valence-electron chi connectivity index (χ2n) is 11.8. The SMILES string of the molecule is CCc1ccc(-n2c(SCC(=O)Nc3ccc(C(=O)Nc4nc5ccccc5n4S(=O)(=O)c4ccc(C)cc4)cc3)nnc2-c2ccncc2)cc1. The summed E-state index contributed by atoms with van der Waals surface area (Å²) in [6.45, 7) is 3.96. The van der Waals surface area contributed by atoms with Crippen LogP contribution in [0.1, 0.15) is 28.4 Å². The van der Waals surface area contributed by atoms with Crippen molar-refractivity contribution in [3.8, 4) is 17.1 Å². The quantitative estimate of drug-likeness (QED) is 0.137. The van der Waals surface area contributed by atoms with Crippen LogP contribution in [-0.4, -0.2) is 54.7 Å². The maximum Gasteiger partial charge on any atom is 0.271 e. The van der Waals surface area contributed by atoms with E-state index >= 15 is 0 Å². The number of benzene rings is 4. The molecule has 0 aliphatic heterocycles. The molecule has 2 N–H and O–H groups in total. The topological polar surface area (TPSA) is 154 Å². The van der Waals surface area contributed by atoms with Crippen molar-refractivity contribution in [3.63, 3.8) is 0 Å². The number of aromatic nitrogens is 6. The number of carbonyl (C=O) groups is 2. The molecule has 0 aliphatic rings. The molecule has 0 saturated carbocycles. The van der Waals surface area contributed by atoms with E-state index in [-0.39, 0.29) is 28.1 Å². The van der Waals surface area contributed by atoms with E-state index in [0.717, 1.165) is 27.2 Å². The highest BCUT2D eigenvalue weighted by Gasteiger charge is 2.26. The number of nitrogens with one attached hydrogen (secondary N) is 2. The fourth-order valence-corrected chi connectivity index (χ4v) is 7.68. The van der Waals surface area contributed by atoms with Crippen molar-refractivity contribution >= 4 is 56.3 Å². The molecule has 3 aromatic heterocycles. The van der Waals surface area contributed by atoms with Crippen LogP contribution in [0.25, 0.3) is 28.1 Å². The number of imidazole rings is 1. The Kier molecular flexibility index (Phi) is 9.65. The van der Waals surface area contributed by atoms with Gasteiger partial charge in [-0.25, -0.2) is 17.4 Å². The van der Waals surface area contributed by atoms with Gasteiger partial charge in [-0.15, -0.1) is 10.2 Å². The van der Waals surface area contributed by atoms with Gasteiger partial charge in [0.15, 0.2) is 11.0 Å². The standard InChI is InChI=1S/C38H32N8O4S2/c1-3-26-10-16-30(17-11-26)45-35(27-20-22-39-23-21-27)43-44-38(45)51-24-34(47)40-29-14-12-28(13-15-29)36(48)42-37-41-32-6-4-5-7-33(32)46(37)52(49,50)31-18-8-25(2)9-19-31/h4-23H,3,24H2,1-2H3,(H,40,47)(H,41,42,48). The van der Waals surface area contributed by atoms with E-state index in [2.05, 4.69) is 49.9 Å². The molecular weight excluding hydrogens is 697 g/mol. The molecule has 3 heterocycles. The molecule has 260 valence electrons. The lowest BCUT2D eigenvalue weighted by Crippen LogP contribution is -2.20. The summed E-state index contributed by atoms with van der Waals surface area (Å²) < 4.78 is 30.5. The summed E-state index contributed by atoms with van der Waals surface area (Å²) in [4.78, 5) is 35.0. The Morgan fingerprint density at radius 2 is 1.52 bits per heavy atom. The number of pyridine rings is 1. The van der Waals surface area contributed by atoms with Gasteiger partial charge in [-0.2, -0.15) is 0 Å². The second-order valence-corrected chi connectivity index (χ2v) is 14.5. The largest absolute Gasteiger partial charge is 0.325 e. The van der Waals surface area contributed by atoms with E-state index < -0.39 is 15.9 Å². The van der Waals surface area contributed by atoms with Crippen LogP contribution in [0.2, 0.25) is 0 Å². The zero-order valence-corrected chi connectivity index (χ0v) is 29.7. The molecule has 0 radical (unpaired) electrons. The number of para-hydroxylation sites is 2. The minimum atomic E-state index is -4.10. The summed E-state index contributed by atoms with van der Waals surface area (Å²) in [5.41, 5.74) is 5.28. The van der Waals surface area contributed by atoms with Gasteiger partial charge < -0.3 is 5.32 Å². The predicted octanol–water partition coefficient (Wildman–Crippen LogP) is 6.77. The molecule has 0 aliphatic carbocycles. The van der Waals surface area contributed by atoms with Gasteiger partial charge in [0.25, 0.3) is 15.9 Å². The Balaban J connectivity index is 1.05. The third kappa shape index (κ3) is 7.06. The maximum absolute atomic E-state index is 13.7. The maximum atomic E-state index is 13.7.